The van der Waals surface area contributed by atoms with E-state index in [1.807, 2.05) is 16.8 Å². The van der Waals surface area contributed by atoms with Crippen molar-refractivity contribution in [1.82, 2.24) is 14.8 Å². The van der Waals surface area contributed by atoms with Gasteiger partial charge in [-0.1, -0.05) is 11.6 Å². The Bertz CT molecular complexity index is 624. The Morgan fingerprint density at radius 3 is 2.70 bits per heavy atom. The minimum absolute atomic E-state index is 0.419. The Balaban J connectivity index is 1.69. The fraction of sp³-hybridized carbons (Fsp3) is 0.357. The zero-order chi connectivity index (χ0) is 13.9. The maximum atomic E-state index is 8.90. The molecule has 20 heavy (non-hydrogen) atoms. The van der Waals surface area contributed by atoms with Gasteiger partial charge >= 0.3 is 0 Å². The fourth-order valence-electron chi connectivity index (χ4n) is 2.59. The summed E-state index contributed by atoms with van der Waals surface area (Å²) in [6, 6.07) is 8.11. The van der Waals surface area contributed by atoms with Gasteiger partial charge < -0.3 is 4.90 Å². The smallest absolute Gasteiger partial charge is 0.137 e. The molecule has 0 atom stereocenters. The highest BCUT2D eigenvalue weighted by molar-refractivity contribution is 6.32. The van der Waals surface area contributed by atoms with Crippen molar-refractivity contribution in [2.24, 2.45) is 0 Å². The quantitative estimate of drug-likeness (QED) is 0.852. The van der Waals surface area contributed by atoms with Crippen molar-refractivity contribution in [3.63, 3.8) is 0 Å². The highest BCUT2D eigenvalue weighted by Crippen LogP contribution is 2.28. The average Bonchev–Trinajstić information content (AvgIpc) is 3.01. The number of nitrogens with zero attached hydrogens (tertiary/aromatic N) is 5. The summed E-state index contributed by atoms with van der Waals surface area (Å²) in [6.45, 7) is 1.90. The van der Waals surface area contributed by atoms with Gasteiger partial charge in [0.1, 0.15) is 18.7 Å². The number of rotatable bonds is 2. The molecule has 0 aliphatic carbocycles. The average molecular weight is 288 g/mol. The first-order valence-electron chi connectivity index (χ1n) is 6.56. The summed E-state index contributed by atoms with van der Waals surface area (Å²) in [5, 5.41) is 13.6. The molecule has 0 unspecified atom stereocenters. The Morgan fingerprint density at radius 2 is 2.10 bits per heavy atom. The minimum Gasteiger partial charge on any atom is -0.371 e. The molecule has 0 saturated carbocycles. The van der Waals surface area contributed by atoms with E-state index in [4.69, 9.17) is 16.9 Å². The van der Waals surface area contributed by atoms with Crippen LogP contribution in [0.4, 0.5) is 5.69 Å². The molecule has 6 heteroatoms. The minimum atomic E-state index is 0.419. The van der Waals surface area contributed by atoms with Gasteiger partial charge in [-0.3, -0.25) is 0 Å². The topological polar surface area (TPSA) is 57.7 Å². The molecule has 3 rings (SSSR count). The van der Waals surface area contributed by atoms with Crippen molar-refractivity contribution in [1.29, 1.82) is 5.26 Å². The lowest BCUT2D eigenvalue weighted by Gasteiger charge is -2.33. The van der Waals surface area contributed by atoms with Crippen LogP contribution in [0.3, 0.4) is 0 Å². The number of hydrogen-bond acceptors (Lipinski definition) is 4. The number of halogens is 1. The maximum Gasteiger partial charge on any atom is 0.137 e. The highest BCUT2D eigenvalue weighted by atomic mass is 35.5. The van der Waals surface area contributed by atoms with Crippen molar-refractivity contribution in [3.8, 4) is 6.07 Å². The summed E-state index contributed by atoms with van der Waals surface area (Å²) in [5.41, 5.74) is 1.60. The molecule has 1 aliphatic heterocycles. The second-order valence-electron chi connectivity index (χ2n) is 4.87. The van der Waals surface area contributed by atoms with Crippen LogP contribution in [-0.4, -0.2) is 27.9 Å². The van der Waals surface area contributed by atoms with E-state index in [0.29, 0.717) is 16.6 Å². The third kappa shape index (κ3) is 2.47. The van der Waals surface area contributed by atoms with E-state index in [1.54, 1.807) is 18.7 Å². The Kier molecular flexibility index (Phi) is 3.57. The van der Waals surface area contributed by atoms with Gasteiger partial charge in [0.15, 0.2) is 0 Å². The number of piperidine rings is 1. The van der Waals surface area contributed by atoms with Crippen LogP contribution in [0.1, 0.15) is 24.4 Å². The van der Waals surface area contributed by atoms with E-state index in [9.17, 15) is 0 Å². The Hall–Kier alpha value is -2.06. The number of aromatic nitrogens is 3. The van der Waals surface area contributed by atoms with Crippen LogP contribution < -0.4 is 4.90 Å². The van der Waals surface area contributed by atoms with Gasteiger partial charge in [-0.15, -0.1) is 0 Å². The van der Waals surface area contributed by atoms with E-state index >= 15 is 0 Å². The van der Waals surface area contributed by atoms with Crippen molar-refractivity contribution in [2.75, 3.05) is 18.0 Å². The van der Waals surface area contributed by atoms with E-state index < -0.39 is 0 Å². The van der Waals surface area contributed by atoms with E-state index in [2.05, 4.69) is 21.1 Å². The van der Waals surface area contributed by atoms with Crippen molar-refractivity contribution >= 4 is 17.3 Å². The molecule has 1 aromatic carbocycles. The molecule has 0 spiro atoms. The van der Waals surface area contributed by atoms with Crippen LogP contribution in [0, 0.1) is 11.3 Å². The molecule has 1 fully saturated rings. The third-order valence-corrected chi connectivity index (χ3v) is 4.03. The zero-order valence-electron chi connectivity index (χ0n) is 10.9. The lowest BCUT2D eigenvalue weighted by molar-refractivity contribution is 0.366. The van der Waals surface area contributed by atoms with Gasteiger partial charge in [0, 0.05) is 18.8 Å². The van der Waals surface area contributed by atoms with Crippen molar-refractivity contribution < 1.29 is 0 Å². The van der Waals surface area contributed by atoms with Crippen LogP contribution >= 0.6 is 11.6 Å². The SMILES string of the molecule is N#Cc1ccc(N2CCC(n3cncn3)CC2)cc1Cl. The molecule has 5 nitrogen and oxygen atoms in total. The summed E-state index contributed by atoms with van der Waals surface area (Å²) in [7, 11) is 0. The Morgan fingerprint density at radius 1 is 1.30 bits per heavy atom. The molecule has 1 aliphatic rings. The summed E-state index contributed by atoms with van der Waals surface area (Å²) >= 11 is 6.09. The first kappa shape index (κ1) is 12.9. The molecular formula is C14H14ClN5. The molecule has 0 bridgehead atoms. The lowest BCUT2D eigenvalue weighted by Crippen LogP contribution is -2.34. The largest absolute Gasteiger partial charge is 0.371 e. The third-order valence-electron chi connectivity index (χ3n) is 3.71. The lowest BCUT2D eigenvalue weighted by atomic mass is 10.0. The molecule has 0 radical (unpaired) electrons. The standard InChI is InChI=1S/C14H14ClN5/c15-14-7-13(2-1-11(14)8-16)19-5-3-12(4-6-19)20-10-17-9-18-20/h1-2,7,9-10,12H,3-6H2. The molecule has 2 aromatic rings. The fourth-order valence-corrected chi connectivity index (χ4v) is 2.80. The highest BCUT2D eigenvalue weighted by Gasteiger charge is 2.21. The summed E-state index contributed by atoms with van der Waals surface area (Å²) < 4.78 is 1.93. The molecule has 102 valence electrons. The molecule has 0 N–H and O–H groups in total. The molecule has 2 heterocycles. The van der Waals surface area contributed by atoms with Gasteiger partial charge in [-0.05, 0) is 31.0 Å². The molecule has 1 saturated heterocycles. The normalized spacial score (nSPS) is 16.1. The van der Waals surface area contributed by atoms with Crippen LogP contribution in [0.5, 0.6) is 0 Å². The van der Waals surface area contributed by atoms with Crippen molar-refractivity contribution in [2.45, 2.75) is 18.9 Å². The van der Waals surface area contributed by atoms with Crippen LogP contribution in [0.15, 0.2) is 30.9 Å². The van der Waals surface area contributed by atoms with E-state index in [-0.39, 0.29) is 0 Å². The number of nitriles is 1. The van der Waals surface area contributed by atoms with Gasteiger partial charge in [0.25, 0.3) is 0 Å². The zero-order valence-corrected chi connectivity index (χ0v) is 11.7. The predicted molar refractivity (Wildman–Crippen MR) is 76.7 cm³/mol. The second-order valence-corrected chi connectivity index (χ2v) is 5.28. The van der Waals surface area contributed by atoms with Gasteiger partial charge in [-0.25, -0.2) is 9.67 Å². The predicted octanol–water partition coefficient (Wildman–Crippen LogP) is 2.64. The summed E-state index contributed by atoms with van der Waals surface area (Å²) in [4.78, 5) is 6.29. The van der Waals surface area contributed by atoms with Crippen molar-refractivity contribution in [3.05, 3.63) is 41.4 Å². The van der Waals surface area contributed by atoms with Crippen LogP contribution in [-0.2, 0) is 0 Å². The van der Waals surface area contributed by atoms with Gasteiger partial charge in [-0.2, -0.15) is 10.4 Å². The monoisotopic (exact) mass is 287 g/mol. The first-order valence-corrected chi connectivity index (χ1v) is 6.94. The van der Waals surface area contributed by atoms with Gasteiger partial charge in [0.2, 0.25) is 0 Å². The van der Waals surface area contributed by atoms with E-state index in [1.165, 1.54) is 0 Å². The van der Waals surface area contributed by atoms with E-state index in [0.717, 1.165) is 31.6 Å². The number of hydrogen-bond donors (Lipinski definition) is 0. The molecular weight excluding hydrogens is 274 g/mol. The second kappa shape index (κ2) is 5.51. The maximum absolute atomic E-state index is 8.90. The molecule has 0 amide bonds. The molecule has 1 aromatic heterocycles. The number of anilines is 1. The summed E-state index contributed by atoms with van der Waals surface area (Å²) in [5.74, 6) is 0. The van der Waals surface area contributed by atoms with Crippen LogP contribution in [0.25, 0.3) is 0 Å². The Labute approximate surface area is 122 Å². The number of benzene rings is 1. The van der Waals surface area contributed by atoms with Gasteiger partial charge in [0.05, 0.1) is 16.6 Å². The summed E-state index contributed by atoms with van der Waals surface area (Å²) in [6.07, 6.45) is 5.41. The first-order chi connectivity index (χ1) is 9.78. The van der Waals surface area contributed by atoms with Crippen LogP contribution in [0.2, 0.25) is 5.02 Å².